The first-order chi connectivity index (χ1) is 6.81. The highest BCUT2D eigenvalue weighted by Crippen LogP contribution is 2.32. The van der Waals surface area contributed by atoms with E-state index in [1.165, 1.54) is 12.1 Å². The summed E-state index contributed by atoms with van der Waals surface area (Å²) < 4.78 is 49.2. The average molecular weight is 242 g/mol. The first-order valence-electron chi connectivity index (χ1n) is 4.07. The van der Waals surface area contributed by atoms with E-state index in [2.05, 4.69) is 0 Å². The molecule has 0 unspecified atom stereocenters. The molecule has 1 atom stereocenters. The number of nitrogens with two attached hydrogens (primary N) is 1. The summed E-state index contributed by atoms with van der Waals surface area (Å²) in [4.78, 5) is 0. The quantitative estimate of drug-likeness (QED) is 0.789. The van der Waals surface area contributed by atoms with Crippen LogP contribution in [0.3, 0.4) is 0 Å². The smallest absolute Gasteiger partial charge is 0.324 e. The van der Waals surface area contributed by atoms with Crippen LogP contribution in [0.15, 0.2) is 18.2 Å². The zero-order chi connectivity index (χ0) is 11.6. The van der Waals surface area contributed by atoms with Crippen molar-refractivity contribution in [1.82, 2.24) is 0 Å². The average Bonchev–Trinajstić information content (AvgIpc) is 1.99. The van der Waals surface area contributed by atoms with Gasteiger partial charge in [-0.3, -0.25) is 0 Å². The van der Waals surface area contributed by atoms with Crippen LogP contribution in [0.5, 0.6) is 0 Å². The van der Waals surface area contributed by atoms with Crippen molar-refractivity contribution in [2.45, 2.75) is 18.6 Å². The van der Waals surface area contributed by atoms with E-state index in [-0.39, 0.29) is 10.6 Å². The topological polar surface area (TPSA) is 26.0 Å². The summed E-state index contributed by atoms with van der Waals surface area (Å²) in [7, 11) is 0. The van der Waals surface area contributed by atoms with Gasteiger partial charge in [0.25, 0.3) is 0 Å². The van der Waals surface area contributed by atoms with Crippen molar-refractivity contribution in [3.63, 3.8) is 0 Å². The van der Waals surface area contributed by atoms with Crippen LogP contribution < -0.4 is 5.73 Å². The van der Waals surface area contributed by atoms with Crippen molar-refractivity contribution in [2.75, 3.05) is 0 Å². The lowest BCUT2D eigenvalue weighted by molar-refractivity contribution is -0.138. The van der Waals surface area contributed by atoms with E-state index in [4.69, 9.17) is 17.3 Å². The van der Waals surface area contributed by atoms with Gasteiger partial charge < -0.3 is 5.73 Å². The molecule has 84 valence electrons. The molecular formula is C9H8ClF4N. The Morgan fingerprint density at radius 1 is 1.33 bits per heavy atom. The summed E-state index contributed by atoms with van der Waals surface area (Å²) in [6.45, 7) is 0. The van der Waals surface area contributed by atoms with Crippen molar-refractivity contribution in [3.05, 3.63) is 34.6 Å². The van der Waals surface area contributed by atoms with E-state index in [1.807, 2.05) is 0 Å². The Morgan fingerprint density at radius 3 is 2.40 bits per heavy atom. The van der Waals surface area contributed by atoms with Gasteiger partial charge in [-0.05, 0) is 12.1 Å². The van der Waals surface area contributed by atoms with Crippen LogP contribution in [0.2, 0.25) is 5.02 Å². The van der Waals surface area contributed by atoms with Gasteiger partial charge in [-0.15, -0.1) is 0 Å². The molecule has 0 amide bonds. The summed E-state index contributed by atoms with van der Waals surface area (Å²) in [5.74, 6) is -0.820. The molecule has 0 heterocycles. The highest BCUT2D eigenvalue weighted by atomic mass is 35.5. The Morgan fingerprint density at radius 2 is 1.93 bits per heavy atom. The SMILES string of the molecule is N[C@H](CC(F)(F)F)c1c(F)cccc1Cl. The third-order valence-corrected chi connectivity index (χ3v) is 2.15. The maximum Gasteiger partial charge on any atom is 0.390 e. The molecule has 1 aromatic rings. The van der Waals surface area contributed by atoms with E-state index >= 15 is 0 Å². The van der Waals surface area contributed by atoms with Gasteiger partial charge in [-0.25, -0.2) is 4.39 Å². The van der Waals surface area contributed by atoms with E-state index in [0.717, 1.165) is 6.07 Å². The summed E-state index contributed by atoms with van der Waals surface area (Å²) in [5, 5.41) is -0.0910. The summed E-state index contributed by atoms with van der Waals surface area (Å²) in [6, 6.07) is 2.16. The lowest BCUT2D eigenvalue weighted by Gasteiger charge is -2.16. The molecule has 0 bridgehead atoms. The minimum absolute atomic E-state index is 0.0910. The van der Waals surface area contributed by atoms with Crippen LogP contribution >= 0.6 is 11.6 Å². The summed E-state index contributed by atoms with van der Waals surface area (Å²) >= 11 is 5.57. The van der Waals surface area contributed by atoms with Gasteiger partial charge in [0.05, 0.1) is 6.42 Å². The molecule has 0 saturated heterocycles. The predicted molar refractivity (Wildman–Crippen MR) is 49.0 cm³/mol. The number of halogens is 5. The minimum atomic E-state index is -4.44. The second kappa shape index (κ2) is 4.37. The molecule has 0 aliphatic carbocycles. The molecule has 0 saturated carbocycles. The normalized spacial score (nSPS) is 14.0. The molecule has 1 aromatic carbocycles. The molecule has 0 spiro atoms. The Bertz CT molecular complexity index is 330. The fourth-order valence-electron chi connectivity index (χ4n) is 1.22. The Labute approximate surface area is 88.8 Å². The minimum Gasteiger partial charge on any atom is -0.324 e. The third-order valence-electron chi connectivity index (χ3n) is 1.82. The predicted octanol–water partition coefficient (Wildman–Crippen LogP) is 3.43. The molecule has 15 heavy (non-hydrogen) atoms. The van der Waals surface area contributed by atoms with Crippen molar-refractivity contribution >= 4 is 11.6 Å². The third kappa shape index (κ3) is 3.35. The second-order valence-corrected chi connectivity index (χ2v) is 3.47. The monoisotopic (exact) mass is 241 g/mol. The second-order valence-electron chi connectivity index (χ2n) is 3.06. The van der Waals surface area contributed by atoms with Gasteiger partial charge in [0.2, 0.25) is 0 Å². The molecule has 1 rings (SSSR count). The summed E-state index contributed by atoms with van der Waals surface area (Å²) in [5.41, 5.74) is 4.94. The van der Waals surface area contributed by atoms with Crippen molar-refractivity contribution in [2.24, 2.45) is 5.73 Å². The molecule has 0 fully saturated rings. The largest absolute Gasteiger partial charge is 0.390 e. The van der Waals surface area contributed by atoms with Crippen LogP contribution in [0.1, 0.15) is 18.0 Å². The fraction of sp³-hybridized carbons (Fsp3) is 0.333. The van der Waals surface area contributed by atoms with E-state index in [9.17, 15) is 17.6 Å². The van der Waals surface area contributed by atoms with Gasteiger partial charge in [0.15, 0.2) is 0 Å². The maximum absolute atomic E-state index is 13.1. The first-order valence-corrected chi connectivity index (χ1v) is 4.45. The number of hydrogen-bond donors (Lipinski definition) is 1. The van der Waals surface area contributed by atoms with Crippen LogP contribution in [0, 0.1) is 5.82 Å². The van der Waals surface area contributed by atoms with E-state index in [1.54, 1.807) is 0 Å². The van der Waals surface area contributed by atoms with Crippen molar-refractivity contribution in [1.29, 1.82) is 0 Å². The van der Waals surface area contributed by atoms with Gasteiger partial charge in [0.1, 0.15) is 5.82 Å². The van der Waals surface area contributed by atoms with Crippen molar-refractivity contribution < 1.29 is 17.6 Å². The fourth-order valence-corrected chi connectivity index (χ4v) is 1.52. The van der Waals surface area contributed by atoms with Gasteiger partial charge >= 0.3 is 6.18 Å². The van der Waals surface area contributed by atoms with Crippen LogP contribution in [0.4, 0.5) is 17.6 Å². The molecule has 0 radical (unpaired) electrons. The van der Waals surface area contributed by atoms with Gasteiger partial charge in [0, 0.05) is 16.6 Å². The Kier molecular flexibility index (Phi) is 3.57. The molecule has 2 N–H and O–H groups in total. The highest BCUT2D eigenvalue weighted by Gasteiger charge is 2.32. The highest BCUT2D eigenvalue weighted by molar-refractivity contribution is 6.31. The zero-order valence-corrected chi connectivity index (χ0v) is 8.24. The summed E-state index contributed by atoms with van der Waals surface area (Å²) in [6.07, 6.45) is -5.74. The molecule has 0 aliphatic heterocycles. The van der Waals surface area contributed by atoms with Gasteiger partial charge in [-0.2, -0.15) is 13.2 Å². The number of alkyl halides is 3. The molecule has 1 nitrogen and oxygen atoms in total. The Balaban J connectivity index is 2.96. The van der Waals surface area contributed by atoms with Gasteiger partial charge in [-0.1, -0.05) is 17.7 Å². The zero-order valence-electron chi connectivity index (χ0n) is 7.48. The van der Waals surface area contributed by atoms with Crippen molar-refractivity contribution in [3.8, 4) is 0 Å². The molecule has 0 aromatic heterocycles. The standard InChI is InChI=1S/C9H8ClF4N/c10-5-2-1-3-6(11)8(5)7(15)4-9(12,13)14/h1-3,7H,4,15H2/t7-/m1/s1. The lowest BCUT2D eigenvalue weighted by Crippen LogP contribution is -2.21. The first kappa shape index (κ1) is 12.3. The molecular weight excluding hydrogens is 234 g/mol. The maximum atomic E-state index is 13.1. The van der Waals surface area contributed by atoms with Crippen LogP contribution in [-0.4, -0.2) is 6.18 Å². The number of rotatable bonds is 2. The van der Waals surface area contributed by atoms with Crippen LogP contribution in [0.25, 0.3) is 0 Å². The Hall–Kier alpha value is -0.810. The van der Waals surface area contributed by atoms with Crippen LogP contribution in [-0.2, 0) is 0 Å². The molecule has 6 heteroatoms. The number of benzene rings is 1. The number of hydrogen-bond acceptors (Lipinski definition) is 1. The molecule has 0 aliphatic rings. The van der Waals surface area contributed by atoms with E-state index in [0.29, 0.717) is 0 Å². The lowest BCUT2D eigenvalue weighted by atomic mass is 10.0. The van der Waals surface area contributed by atoms with E-state index < -0.39 is 24.5 Å².